The van der Waals surface area contributed by atoms with Gasteiger partial charge in [0.25, 0.3) is 5.91 Å². The Morgan fingerprint density at radius 2 is 1.67 bits per heavy atom. The van der Waals surface area contributed by atoms with Gasteiger partial charge in [0.15, 0.2) is 0 Å². The lowest BCUT2D eigenvalue weighted by Crippen LogP contribution is -2.30. The normalized spacial score (nSPS) is 30.0. The number of carbonyl (C=O) groups excluding carboxylic acids is 1. The average molecular weight is 401 g/mol. The number of para-hydroxylation sites is 2. The molecule has 2 fully saturated rings. The van der Waals surface area contributed by atoms with E-state index in [9.17, 15) is 4.79 Å². The average Bonchev–Trinajstić information content (AvgIpc) is 3.16. The molecule has 1 aliphatic carbocycles. The van der Waals surface area contributed by atoms with Gasteiger partial charge in [-0.2, -0.15) is 0 Å². The van der Waals surface area contributed by atoms with E-state index in [1.165, 1.54) is 0 Å². The second-order valence-electron chi connectivity index (χ2n) is 8.36. The van der Waals surface area contributed by atoms with Crippen LogP contribution in [0.25, 0.3) is 5.57 Å². The number of allylic oxidation sites excluding steroid dienone is 1. The molecule has 0 spiro atoms. The summed E-state index contributed by atoms with van der Waals surface area (Å²) in [4.78, 5) is 20.9. The largest absolute Gasteiger partial charge is 0.394 e. The van der Waals surface area contributed by atoms with Crippen LogP contribution in [0.15, 0.2) is 59.4 Å². The third kappa shape index (κ3) is 2.74. The Bertz CT molecular complexity index is 1100. The van der Waals surface area contributed by atoms with Gasteiger partial charge in [0.05, 0.1) is 11.3 Å². The molecule has 7 heteroatoms. The molecule has 3 heterocycles. The van der Waals surface area contributed by atoms with Gasteiger partial charge in [-0.15, -0.1) is 0 Å². The number of nitrogens with zero attached hydrogens (tertiary/aromatic N) is 2. The zero-order chi connectivity index (χ0) is 20.2. The zero-order valence-corrected chi connectivity index (χ0v) is 16.5. The number of likely N-dealkylation sites (tertiary alicyclic amines) is 1. The molecule has 0 aromatic heterocycles. The standard InChI is InChI=1S/C23H23N5O2/c24-20-15-11-28(12-16(15)20)9-10-30-27-21-14-6-2-4-8-18(14)25-22(21)19-13-5-1-3-7-17(13)26-23(19)29/h1-8,15-16,20,25H,9-12,24H2,(H,26,29)/b22-19-,27-21+/t15-,16+,20+. The van der Waals surface area contributed by atoms with Crippen molar-refractivity contribution in [2.45, 2.75) is 6.04 Å². The summed E-state index contributed by atoms with van der Waals surface area (Å²) in [5, 5.41) is 10.8. The van der Waals surface area contributed by atoms with Crippen molar-refractivity contribution in [1.29, 1.82) is 0 Å². The lowest BCUT2D eigenvalue weighted by Gasteiger charge is -2.17. The van der Waals surface area contributed by atoms with E-state index in [2.05, 4.69) is 20.7 Å². The predicted octanol–water partition coefficient (Wildman–Crippen LogP) is 2.09. The molecule has 2 aromatic carbocycles. The fraction of sp³-hybridized carbons (Fsp3) is 0.304. The van der Waals surface area contributed by atoms with Crippen LogP contribution in [0.1, 0.15) is 11.1 Å². The molecule has 3 aliphatic heterocycles. The molecule has 6 rings (SSSR count). The van der Waals surface area contributed by atoms with Crippen molar-refractivity contribution >= 4 is 28.6 Å². The molecule has 7 nitrogen and oxygen atoms in total. The minimum atomic E-state index is -0.133. The van der Waals surface area contributed by atoms with Gasteiger partial charge in [-0.05, 0) is 24.0 Å². The summed E-state index contributed by atoms with van der Waals surface area (Å²) in [6, 6.07) is 16.0. The van der Waals surface area contributed by atoms with Gasteiger partial charge < -0.3 is 21.2 Å². The van der Waals surface area contributed by atoms with Crippen LogP contribution in [-0.2, 0) is 9.63 Å². The van der Waals surface area contributed by atoms with Crippen molar-refractivity contribution in [2.75, 3.05) is 36.9 Å². The molecule has 30 heavy (non-hydrogen) atoms. The van der Waals surface area contributed by atoms with E-state index < -0.39 is 0 Å². The minimum absolute atomic E-state index is 0.133. The van der Waals surface area contributed by atoms with Crippen molar-refractivity contribution in [3.05, 3.63) is 65.4 Å². The first-order valence-electron chi connectivity index (χ1n) is 10.4. The summed E-state index contributed by atoms with van der Waals surface area (Å²) in [7, 11) is 0. The fourth-order valence-corrected chi connectivity index (χ4v) is 4.89. The number of amides is 1. The van der Waals surface area contributed by atoms with Crippen molar-refractivity contribution in [1.82, 2.24) is 4.90 Å². The Hall–Kier alpha value is -3.16. The highest BCUT2D eigenvalue weighted by molar-refractivity contribution is 6.39. The maximum atomic E-state index is 12.8. The van der Waals surface area contributed by atoms with Gasteiger partial charge in [0.2, 0.25) is 0 Å². The molecule has 0 unspecified atom stereocenters. The Morgan fingerprint density at radius 1 is 1.00 bits per heavy atom. The molecule has 1 amide bonds. The van der Waals surface area contributed by atoms with Crippen molar-refractivity contribution in [3.63, 3.8) is 0 Å². The number of nitrogens with two attached hydrogens (primary N) is 1. The summed E-state index contributed by atoms with van der Waals surface area (Å²) < 4.78 is 0. The highest BCUT2D eigenvalue weighted by Crippen LogP contribution is 2.43. The van der Waals surface area contributed by atoms with Gasteiger partial charge in [0.1, 0.15) is 12.3 Å². The van der Waals surface area contributed by atoms with E-state index >= 15 is 0 Å². The van der Waals surface area contributed by atoms with Crippen LogP contribution in [0.4, 0.5) is 11.4 Å². The maximum absolute atomic E-state index is 12.8. The number of anilines is 2. The van der Waals surface area contributed by atoms with Crippen molar-refractivity contribution in [2.24, 2.45) is 22.7 Å². The Kier molecular flexibility index (Phi) is 3.94. The van der Waals surface area contributed by atoms with Crippen LogP contribution in [0.2, 0.25) is 0 Å². The van der Waals surface area contributed by atoms with Crippen LogP contribution in [0, 0.1) is 11.8 Å². The van der Waals surface area contributed by atoms with E-state index in [4.69, 9.17) is 10.6 Å². The van der Waals surface area contributed by atoms with Crippen molar-refractivity contribution in [3.8, 4) is 0 Å². The molecule has 4 aliphatic rings. The number of hydrogen-bond donors (Lipinski definition) is 3. The zero-order valence-electron chi connectivity index (χ0n) is 16.5. The molecule has 3 atom stereocenters. The first-order valence-corrected chi connectivity index (χ1v) is 10.4. The minimum Gasteiger partial charge on any atom is -0.394 e. The highest BCUT2D eigenvalue weighted by atomic mass is 16.6. The second-order valence-corrected chi connectivity index (χ2v) is 8.36. The second kappa shape index (κ2) is 6.68. The Balaban J connectivity index is 1.27. The molecule has 2 aromatic rings. The number of piperidine rings is 1. The number of benzene rings is 2. The predicted molar refractivity (Wildman–Crippen MR) is 116 cm³/mol. The number of carbonyl (C=O) groups is 1. The van der Waals surface area contributed by atoms with Crippen LogP contribution in [0.3, 0.4) is 0 Å². The van der Waals surface area contributed by atoms with Gasteiger partial charge in [-0.3, -0.25) is 9.69 Å². The molecule has 1 saturated heterocycles. The fourth-order valence-electron chi connectivity index (χ4n) is 4.89. The quantitative estimate of drug-likeness (QED) is 0.415. The summed E-state index contributed by atoms with van der Waals surface area (Å²) in [6.45, 7) is 3.46. The Labute approximate surface area is 174 Å². The highest BCUT2D eigenvalue weighted by Gasteiger charge is 2.53. The molecule has 152 valence electrons. The number of oxime groups is 1. The Morgan fingerprint density at radius 3 is 2.43 bits per heavy atom. The van der Waals surface area contributed by atoms with E-state index in [-0.39, 0.29) is 5.91 Å². The lowest BCUT2D eigenvalue weighted by molar-refractivity contribution is -0.110. The molecular weight excluding hydrogens is 378 g/mol. The first kappa shape index (κ1) is 17.7. The summed E-state index contributed by atoms with van der Waals surface area (Å²) in [5.41, 5.74) is 11.5. The summed E-state index contributed by atoms with van der Waals surface area (Å²) >= 11 is 0. The number of hydrogen-bond acceptors (Lipinski definition) is 6. The SMILES string of the molecule is N[C@@H]1[C@H]2CN(CCO/N=C3/C(=C4/C(=O)Nc5ccccc54)Nc4ccccc43)C[C@@H]12. The van der Waals surface area contributed by atoms with E-state index in [0.717, 1.165) is 42.1 Å². The summed E-state index contributed by atoms with van der Waals surface area (Å²) in [6.07, 6.45) is 0. The van der Waals surface area contributed by atoms with E-state index in [1.807, 2.05) is 48.5 Å². The van der Waals surface area contributed by atoms with Gasteiger partial charge in [-0.25, -0.2) is 0 Å². The van der Waals surface area contributed by atoms with Gasteiger partial charge >= 0.3 is 0 Å². The van der Waals surface area contributed by atoms with Crippen LogP contribution in [0.5, 0.6) is 0 Å². The topological polar surface area (TPSA) is 92.0 Å². The monoisotopic (exact) mass is 401 g/mol. The van der Waals surface area contributed by atoms with E-state index in [0.29, 0.717) is 41.5 Å². The maximum Gasteiger partial charge on any atom is 0.258 e. The van der Waals surface area contributed by atoms with E-state index in [1.54, 1.807) is 0 Å². The van der Waals surface area contributed by atoms with Crippen molar-refractivity contribution < 1.29 is 9.63 Å². The van der Waals surface area contributed by atoms with Gasteiger partial charge in [-0.1, -0.05) is 41.6 Å². The molecule has 0 bridgehead atoms. The molecule has 4 N–H and O–H groups in total. The molecular formula is C23H23N5O2. The molecule has 1 saturated carbocycles. The third-order valence-corrected chi connectivity index (χ3v) is 6.59. The number of nitrogens with one attached hydrogen (secondary N) is 2. The van der Waals surface area contributed by atoms with Crippen LogP contribution in [-0.4, -0.2) is 48.8 Å². The van der Waals surface area contributed by atoms with Gasteiger partial charge in [0, 0.05) is 48.2 Å². The molecule has 0 radical (unpaired) electrons. The van der Waals surface area contributed by atoms with Crippen LogP contribution < -0.4 is 16.4 Å². The number of rotatable bonds is 4. The lowest BCUT2D eigenvalue weighted by atomic mass is 10.0. The summed E-state index contributed by atoms with van der Waals surface area (Å²) in [5.74, 6) is 1.20. The van der Waals surface area contributed by atoms with Crippen LogP contribution >= 0.6 is 0 Å². The smallest absolute Gasteiger partial charge is 0.258 e. The number of fused-ring (bicyclic) bond motifs is 3. The third-order valence-electron chi connectivity index (χ3n) is 6.59. The first-order chi connectivity index (χ1) is 14.7.